The van der Waals surface area contributed by atoms with E-state index in [1.165, 1.54) is 24.0 Å². The first-order chi connectivity index (χ1) is 11.6. The Morgan fingerprint density at radius 1 is 1.04 bits per heavy atom. The first-order valence-corrected chi connectivity index (χ1v) is 9.22. The van der Waals surface area contributed by atoms with Crippen LogP contribution in [0.25, 0.3) is 0 Å². The average Bonchev–Trinajstić information content (AvgIpc) is 2.59. The van der Waals surface area contributed by atoms with Crippen molar-refractivity contribution in [3.63, 3.8) is 0 Å². The molecule has 2 rings (SSSR count). The van der Waals surface area contributed by atoms with Crippen LogP contribution in [0.2, 0.25) is 0 Å². The topological polar surface area (TPSA) is 32.3 Å². The lowest BCUT2D eigenvalue weighted by molar-refractivity contribution is 0.459. The molecule has 1 atom stereocenters. The smallest absolute Gasteiger partial charge is 0.119 e. The molecule has 0 unspecified atom stereocenters. The maximum absolute atomic E-state index is 10.5. The first kappa shape index (κ1) is 18.5. The number of nitrogens with one attached hydrogen (secondary N) is 1. The molecule has 2 nitrogen and oxygen atoms in total. The molecule has 130 valence electrons. The summed E-state index contributed by atoms with van der Waals surface area (Å²) < 4.78 is 0. The molecular formula is C22H31NO. The fourth-order valence-electron chi connectivity index (χ4n) is 3.12. The van der Waals surface area contributed by atoms with Crippen LogP contribution >= 0.6 is 0 Å². The molecule has 0 spiro atoms. The fourth-order valence-corrected chi connectivity index (χ4v) is 3.12. The quantitative estimate of drug-likeness (QED) is 0.659. The van der Waals surface area contributed by atoms with Crippen LogP contribution in [0.5, 0.6) is 5.75 Å². The van der Waals surface area contributed by atoms with Crippen LogP contribution < -0.4 is 5.32 Å². The largest absolute Gasteiger partial charge is 0.508 e. The van der Waals surface area contributed by atoms with Crippen molar-refractivity contribution in [3.8, 4) is 5.75 Å². The van der Waals surface area contributed by atoms with E-state index in [0.29, 0.717) is 11.8 Å². The van der Waals surface area contributed by atoms with Gasteiger partial charge in [0.1, 0.15) is 5.75 Å². The summed E-state index contributed by atoms with van der Waals surface area (Å²) in [7, 11) is 0. The molecule has 24 heavy (non-hydrogen) atoms. The summed E-state index contributed by atoms with van der Waals surface area (Å²) >= 11 is 0. The van der Waals surface area contributed by atoms with E-state index in [0.717, 1.165) is 24.9 Å². The molecule has 0 saturated carbocycles. The van der Waals surface area contributed by atoms with E-state index < -0.39 is 0 Å². The normalized spacial score (nSPS) is 12.5. The minimum atomic E-state index is 0.221. The zero-order chi connectivity index (χ0) is 17.4. The van der Waals surface area contributed by atoms with E-state index in [-0.39, 0.29) is 5.92 Å². The molecule has 2 N–H and O–H groups in total. The maximum Gasteiger partial charge on any atom is 0.119 e. The van der Waals surface area contributed by atoms with Crippen molar-refractivity contribution in [3.05, 3.63) is 65.2 Å². The van der Waals surface area contributed by atoms with Gasteiger partial charge in [0.2, 0.25) is 0 Å². The van der Waals surface area contributed by atoms with Gasteiger partial charge in [-0.1, -0.05) is 69.7 Å². The van der Waals surface area contributed by atoms with Gasteiger partial charge in [-0.2, -0.15) is 0 Å². The standard InChI is InChI=1S/C22H31NO/c1-4-5-9-18-12-13-22(24)21(16-18)20(14-15-23-17(2)3)19-10-7-6-8-11-19/h6-8,10-13,16-17,20,23-24H,4-5,9,14-15H2,1-3H3/t20-/m0/s1. The van der Waals surface area contributed by atoms with Crippen molar-refractivity contribution in [1.29, 1.82) is 0 Å². The lowest BCUT2D eigenvalue weighted by Gasteiger charge is -2.21. The highest BCUT2D eigenvalue weighted by Crippen LogP contribution is 2.34. The van der Waals surface area contributed by atoms with Gasteiger partial charge in [-0.25, -0.2) is 0 Å². The third kappa shape index (κ3) is 5.38. The molecule has 0 heterocycles. The summed E-state index contributed by atoms with van der Waals surface area (Å²) in [6, 6.07) is 17.1. The van der Waals surface area contributed by atoms with Gasteiger partial charge >= 0.3 is 0 Å². The number of hydrogen-bond acceptors (Lipinski definition) is 2. The molecular weight excluding hydrogens is 294 g/mol. The number of unbranched alkanes of at least 4 members (excludes halogenated alkanes) is 1. The van der Waals surface area contributed by atoms with E-state index in [1.54, 1.807) is 0 Å². The number of hydrogen-bond donors (Lipinski definition) is 2. The second-order valence-electron chi connectivity index (χ2n) is 6.86. The average molecular weight is 325 g/mol. The molecule has 0 radical (unpaired) electrons. The third-order valence-corrected chi connectivity index (χ3v) is 4.47. The van der Waals surface area contributed by atoms with E-state index in [2.05, 4.69) is 62.5 Å². The zero-order valence-corrected chi connectivity index (χ0v) is 15.3. The second kappa shape index (κ2) is 9.48. The van der Waals surface area contributed by atoms with Gasteiger partial charge in [0.25, 0.3) is 0 Å². The third-order valence-electron chi connectivity index (χ3n) is 4.47. The van der Waals surface area contributed by atoms with Gasteiger partial charge in [-0.3, -0.25) is 0 Å². The van der Waals surface area contributed by atoms with Crippen molar-refractivity contribution in [2.75, 3.05) is 6.54 Å². The predicted molar refractivity (Wildman–Crippen MR) is 103 cm³/mol. The lowest BCUT2D eigenvalue weighted by Crippen LogP contribution is -2.25. The van der Waals surface area contributed by atoms with Gasteiger partial charge in [-0.05, 0) is 43.0 Å². The van der Waals surface area contributed by atoms with Crippen LogP contribution in [-0.2, 0) is 6.42 Å². The molecule has 2 aromatic rings. The maximum atomic E-state index is 10.5. The Morgan fingerprint density at radius 3 is 2.46 bits per heavy atom. The van der Waals surface area contributed by atoms with Gasteiger partial charge in [0.15, 0.2) is 0 Å². The fraction of sp³-hybridized carbons (Fsp3) is 0.455. The van der Waals surface area contributed by atoms with Gasteiger partial charge in [-0.15, -0.1) is 0 Å². The Morgan fingerprint density at radius 2 is 1.79 bits per heavy atom. The van der Waals surface area contributed by atoms with Gasteiger partial charge in [0.05, 0.1) is 0 Å². The van der Waals surface area contributed by atoms with Crippen LogP contribution in [0, 0.1) is 0 Å². The van der Waals surface area contributed by atoms with Crippen molar-refractivity contribution in [2.24, 2.45) is 0 Å². The molecule has 2 heteroatoms. The first-order valence-electron chi connectivity index (χ1n) is 9.22. The number of phenolic OH excluding ortho intramolecular Hbond substituents is 1. The molecule has 0 aliphatic rings. The Bertz CT molecular complexity index is 607. The summed E-state index contributed by atoms with van der Waals surface area (Å²) in [6.45, 7) is 7.49. The molecule has 0 fully saturated rings. The highest BCUT2D eigenvalue weighted by atomic mass is 16.3. The summed E-state index contributed by atoms with van der Waals surface area (Å²) in [6.07, 6.45) is 4.44. The Labute approximate surface area is 146 Å². The van der Waals surface area contributed by atoms with E-state index in [9.17, 15) is 5.11 Å². The molecule has 0 bridgehead atoms. The Hall–Kier alpha value is -1.80. The molecule has 0 aromatic heterocycles. The number of phenols is 1. The van der Waals surface area contributed by atoms with E-state index in [4.69, 9.17) is 0 Å². The van der Waals surface area contributed by atoms with Gasteiger partial charge in [0, 0.05) is 17.5 Å². The SMILES string of the molecule is CCCCc1ccc(O)c([C@@H](CCNC(C)C)c2ccccc2)c1. The van der Waals surface area contributed by atoms with Crippen LogP contribution in [0.15, 0.2) is 48.5 Å². The molecule has 0 amide bonds. The van der Waals surface area contributed by atoms with Crippen LogP contribution in [0.3, 0.4) is 0 Å². The summed E-state index contributed by atoms with van der Waals surface area (Å²) in [4.78, 5) is 0. The summed E-state index contributed by atoms with van der Waals surface area (Å²) in [5.41, 5.74) is 3.65. The van der Waals surface area contributed by atoms with Crippen LogP contribution in [0.1, 0.15) is 62.6 Å². The van der Waals surface area contributed by atoms with E-state index in [1.807, 2.05) is 12.1 Å². The van der Waals surface area contributed by atoms with Crippen molar-refractivity contribution in [1.82, 2.24) is 5.32 Å². The highest BCUT2D eigenvalue weighted by molar-refractivity contribution is 5.43. The Kier molecular flexibility index (Phi) is 7.33. The predicted octanol–water partition coefficient (Wildman–Crippen LogP) is 5.25. The van der Waals surface area contributed by atoms with Crippen LogP contribution in [0.4, 0.5) is 0 Å². The summed E-state index contributed by atoms with van der Waals surface area (Å²) in [5.74, 6) is 0.632. The van der Waals surface area contributed by atoms with Crippen molar-refractivity contribution >= 4 is 0 Å². The van der Waals surface area contributed by atoms with E-state index >= 15 is 0 Å². The number of aromatic hydroxyl groups is 1. The van der Waals surface area contributed by atoms with Gasteiger partial charge < -0.3 is 10.4 Å². The molecule has 0 saturated heterocycles. The monoisotopic (exact) mass is 325 g/mol. The second-order valence-corrected chi connectivity index (χ2v) is 6.86. The lowest BCUT2D eigenvalue weighted by atomic mass is 9.86. The minimum Gasteiger partial charge on any atom is -0.508 e. The molecule has 0 aliphatic carbocycles. The number of rotatable bonds is 9. The van der Waals surface area contributed by atoms with Crippen molar-refractivity contribution < 1.29 is 5.11 Å². The van der Waals surface area contributed by atoms with Crippen molar-refractivity contribution in [2.45, 2.75) is 58.4 Å². The highest BCUT2D eigenvalue weighted by Gasteiger charge is 2.18. The Balaban J connectivity index is 2.28. The number of benzene rings is 2. The number of aryl methyl sites for hydroxylation is 1. The molecule has 2 aromatic carbocycles. The van der Waals surface area contributed by atoms with Crippen LogP contribution in [-0.4, -0.2) is 17.7 Å². The minimum absolute atomic E-state index is 0.221. The molecule has 0 aliphatic heterocycles. The zero-order valence-electron chi connectivity index (χ0n) is 15.3. The summed E-state index contributed by atoms with van der Waals surface area (Å²) in [5, 5.41) is 14.0.